The number of benzene rings is 1. The lowest BCUT2D eigenvalue weighted by molar-refractivity contribution is 0.264. The Balaban J connectivity index is 2.65. The van der Waals surface area contributed by atoms with E-state index < -0.39 is 0 Å². The minimum atomic E-state index is 0.656. The molecule has 0 spiro atoms. The van der Waals surface area contributed by atoms with E-state index in [2.05, 4.69) is 45.0 Å². The molecular formula is C16H20Br2O2. The maximum absolute atomic E-state index is 5.79. The van der Waals surface area contributed by atoms with Gasteiger partial charge in [-0.1, -0.05) is 12.2 Å². The van der Waals surface area contributed by atoms with Crippen LogP contribution >= 0.6 is 31.9 Å². The fourth-order valence-electron chi connectivity index (χ4n) is 1.56. The number of hydrogen-bond acceptors (Lipinski definition) is 2. The molecule has 0 aliphatic heterocycles. The van der Waals surface area contributed by atoms with Crippen molar-refractivity contribution in [1.82, 2.24) is 0 Å². The standard InChI is InChI=1S/C16H20Br2O2/c1-3-5-7-9-19-15-11-13(17)14(18)12-16(15)20-10-8-6-4-2/h3-4,11-12H,1-2,5-10H2. The Kier molecular flexibility index (Phi) is 8.70. The van der Waals surface area contributed by atoms with Gasteiger partial charge in [0.1, 0.15) is 0 Å². The minimum absolute atomic E-state index is 0.656. The zero-order valence-electron chi connectivity index (χ0n) is 11.5. The molecule has 0 saturated carbocycles. The quantitative estimate of drug-likeness (QED) is 0.357. The first-order valence-corrected chi connectivity index (χ1v) is 8.24. The predicted molar refractivity (Wildman–Crippen MR) is 91.7 cm³/mol. The molecule has 0 saturated heterocycles. The highest BCUT2D eigenvalue weighted by molar-refractivity contribution is 9.13. The summed E-state index contributed by atoms with van der Waals surface area (Å²) in [5, 5.41) is 0. The van der Waals surface area contributed by atoms with Crippen LogP contribution in [0.3, 0.4) is 0 Å². The van der Waals surface area contributed by atoms with Gasteiger partial charge in [0.15, 0.2) is 11.5 Å². The van der Waals surface area contributed by atoms with Gasteiger partial charge in [-0.2, -0.15) is 0 Å². The first-order chi connectivity index (χ1) is 9.69. The summed E-state index contributed by atoms with van der Waals surface area (Å²) in [4.78, 5) is 0. The van der Waals surface area contributed by atoms with Crippen molar-refractivity contribution in [3.05, 3.63) is 46.4 Å². The Bertz CT molecular complexity index is 403. The van der Waals surface area contributed by atoms with Gasteiger partial charge in [0.05, 0.1) is 13.2 Å². The maximum Gasteiger partial charge on any atom is 0.162 e. The average Bonchev–Trinajstić information content (AvgIpc) is 2.44. The van der Waals surface area contributed by atoms with Crippen molar-refractivity contribution < 1.29 is 9.47 Å². The van der Waals surface area contributed by atoms with E-state index in [-0.39, 0.29) is 0 Å². The van der Waals surface area contributed by atoms with Gasteiger partial charge in [0, 0.05) is 8.95 Å². The van der Waals surface area contributed by atoms with Crippen LogP contribution in [0.1, 0.15) is 25.7 Å². The number of ether oxygens (including phenoxy) is 2. The first kappa shape index (κ1) is 17.3. The zero-order valence-corrected chi connectivity index (χ0v) is 14.7. The van der Waals surface area contributed by atoms with Gasteiger partial charge in [0.2, 0.25) is 0 Å². The molecule has 0 heterocycles. The van der Waals surface area contributed by atoms with Crippen LogP contribution in [0.5, 0.6) is 11.5 Å². The Morgan fingerprint density at radius 1 is 0.850 bits per heavy atom. The van der Waals surface area contributed by atoms with Crippen molar-refractivity contribution in [2.45, 2.75) is 25.7 Å². The third kappa shape index (κ3) is 6.14. The van der Waals surface area contributed by atoms with Crippen LogP contribution in [-0.2, 0) is 0 Å². The fourth-order valence-corrected chi connectivity index (χ4v) is 2.20. The van der Waals surface area contributed by atoms with Crippen LogP contribution in [0, 0.1) is 0 Å². The summed E-state index contributed by atoms with van der Waals surface area (Å²) >= 11 is 6.97. The van der Waals surface area contributed by atoms with E-state index in [0.29, 0.717) is 13.2 Å². The molecule has 0 aliphatic rings. The van der Waals surface area contributed by atoms with Crippen LogP contribution in [0.15, 0.2) is 46.4 Å². The topological polar surface area (TPSA) is 18.5 Å². The highest BCUT2D eigenvalue weighted by atomic mass is 79.9. The normalized spacial score (nSPS) is 10.1. The van der Waals surface area contributed by atoms with Crippen molar-refractivity contribution in [1.29, 1.82) is 0 Å². The van der Waals surface area contributed by atoms with Gasteiger partial charge in [-0.3, -0.25) is 0 Å². The Labute approximate surface area is 138 Å². The second kappa shape index (κ2) is 10.1. The Morgan fingerprint density at radius 2 is 1.25 bits per heavy atom. The van der Waals surface area contributed by atoms with E-state index in [4.69, 9.17) is 9.47 Å². The number of allylic oxidation sites excluding steroid dienone is 2. The van der Waals surface area contributed by atoms with E-state index in [0.717, 1.165) is 46.1 Å². The molecule has 0 aliphatic carbocycles. The van der Waals surface area contributed by atoms with Gasteiger partial charge in [-0.15, -0.1) is 13.2 Å². The van der Waals surface area contributed by atoms with Gasteiger partial charge in [-0.05, 0) is 69.7 Å². The average molecular weight is 404 g/mol. The second-order valence-electron chi connectivity index (χ2n) is 4.27. The van der Waals surface area contributed by atoms with Crippen molar-refractivity contribution in [3.8, 4) is 11.5 Å². The fraction of sp³-hybridized carbons (Fsp3) is 0.375. The largest absolute Gasteiger partial charge is 0.490 e. The summed E-state index contributed by atoms with van der Waals surface area (Å²) < 4.78 is 13.5. The minimum Gasteiger partial charge on any atom is -0.490 e. The van der Waals surface area contributed by atoms with Crippen LogP contribution in [0.4, 0.5) is 0 Å². The third-order valence-corrected chi connectivity index (χ3v) is 4.45. The molecule has 0 bridgehead atoms. The Morgan fingerprint density at radius 3 is 1.60 bits per heavy atom. The SMILES string of the molecule is C=CCCCOc1cc(Br)c(Br)cc1OCCCC=C. The summed E-state index contributed by atoms with van der Waals surface area (Å²) in [5.41, 5.74) is 0. The molecule has 1 rings (SSSR count). The van der Waals surface area contributed by atoms with Gasteiger partial charge in [0.25, 0.3) is 0 Å². The lowest BCUT2D eigenvalue weighted by atomic mass is 10.3. The van der Waals surface area contributed by atoms with Crippen molar-refractivity contribution in [3.63, 3.8) is 0 Å². The molecule has 2 nitrogen and oxygen atoms in total. The second-order valence-corrected chi connectivity index (χ2v) is 5.98. The summed E-state index contributed by atoms with van der Waals surface area (Å²) in [6.07, 6.45) is 7.60. The molecule has 0 atom stereocenters. The van der Waals surface area contributed by atoms with E-state index in [1.165, 1.54) is 0 Å². The van der Waals surface area contributed by atoms with Crippen LogP contribution in [-0.4, -0.2) is 13.2 Å². The zero-order chi connectivity index (χ0) is 14.8. The highest BCUT2D eigenvalue weighted by Gasteiger charge is 2.09. The monoisotopic (exact) mass is 402 g/mol. The lowest BCUT2D eigenvalue weighted by Gasteiger charge is -2.14. The molecule has 0 amide bonds. The number of rotatable bonds is 10. The van der Waals surface area contributed by atoms with E-state index in [1.807, 2.05) is 24.3 Å². The summed E-state index contributed by atoms with van der Waals surface area (Å²) in [7, 11) is 0. The summed E-state index contributed by atoms with van der Waals surface area (Å²) in [6.45, 7) is 8.72. The molecule has 20 heavy (non-hydrogen) atoms. The lowest BCUT2D eigenvalue weighted by Crippen LogP contribution is -2.02. The van der Waals surface area contributed by atoms with Crippen LogP contribution in [0.25, 0.3) is 0 Å². The molecule has 0 aromatic heterocycles. The van der Waals surface area contributed by atoms with Crippen molar-refractivity contribution >= 4 is 31.9 Å². The molecule has 4 heteroatoms. The number of hydrogen-bond donors (Lipinski definition) is 0. The van der Waals surface area contributed by atoms with Crippen LogP contribution < -0.4 is 9.47 Å². The smallest absolute Gasteiger partial charge is 0.162 e. The first-order valence-electron chi connectivity index (χ1n) is 6.65. The van der Waals surface area contributed by atoms with E-state index >= 15 is 0 Å². The maximum atomic E-state index is 5.79. The van der Waals surface area contributed by atoms with Crippen molar-refractivity contribution in [2.75, 3.05) is 13.2 Å². The molecule has 1 aromatic rings. The summed E-state index contributed by atoms with van der Waals surface area (Å²) in [6, 6.07) is 3.86. The molecule has 0 N–H and O–H groups in total. The van der Waals surface area contributed by atoms with Gasteiger partial charge in [-0.25, -0.2) is 0 Å². The molecule has 110 valence electrons. The molecule has 0 unspecified atom stereocenters. The van der Waals surface area contributed by atoms with Gasteiger partial charge < -0.3 is 9.47 Å². The molecule has 0 radical (unpaired) electrons. The van der Waals surface area contributed by atoms with Gasteiger partial charge >= 0.3 is 0 Å². The molecule has 0 fully saturated rings. The van der Waals surface area contributed by atoms with E-state index in [1.54, 1.807) is 0 Å². The van der Waals surface area contributed by atoms with Crippen LogP contribution in [0.2, 0.25) is 0 Å². The Hall–Kier alpha value is -0.740. The third-order valence-electron chi connectivity index (χ3n) is 2.61. The predicted octanol–water partition coefficient (Wildman–Crippen LogP) is 5.90. The van der Waals surface area contributed by atoms with Crippen molar-refractivity contribution in [2.24, 2.45) is 0 Å². The highest BCUT2D eigenvalue weighted by Crippen LogP contribution is 2.36. The summed E-state index contributed by atoms with van der Waals surface area (Å²) in [5.74, 6) is 1.53. The number of unbranched alkanes of at least 4 members (excludes halogenated alkanes) is 2. The molecular weight excluding hydrogens is 384 g/mol. The molecule has 1 aromatic carbocycles. The van der Waals surface area contributed by atoms with E-state index in [9.17, 15) is 0 Å². The number of halogens is 2.